The second kappa shape index (κ2) is 5.75. The van der Waals surface area contributed by atoms with Crippen molar-refractivity contribution in [3.05, 3.63) is 52.7 Å². The van der Waals surface area contributed by atoms with Gasteiger partial charge in [-0.2, -0.15) is 0 Å². The van der Waals surface area contributed by atoms with E-state index in [1.165, 1.54) is 4.57 Å². The van der Waals surface area contributed by atoms with Crippen LogP contribution in [0.25, 0.3) is 5.69 Å². The van der Waals surface area contributed by atoms with Crippen LogP contribution in [0.3, 0.4) is 0 Å². The van der Waals surface area contributed by atoms with Gasteiger partial charge in [-0.05, 0) is 30.2 Å². The average molecular weight is 275 g/mol. The van der Waals surface area contributed by atoms with E-state index in [1.54, 1.807) is 46.7 Å². The lowest BCUT2D eigenvalue weighted by molar-refractivity contribution is 0.0706. The molecule has 0 aliphatic rings. The maximum atomic E-state index is 12.2. The molecule has 0 unspecified atom stereocenters. The van der Waals surface area contributed by atoms with Crippen molar-refractivity contribution >= 4 is 5.91 Å². The first kappa shape index (κ1) is 14.1. The SMILES string of the molecule is CC(C)Cn1ccn(-c2ccc(C(=O)NO)cc2)c1=O. The Kier molecular flexibility index (Phi) is 4.05. The summed E-state index contributed by atoms with van der Waals surface area (Å²) >= 11 is 0. The highest BCUT2D eigenvalue weighted by molar-refractivity contribution is 5.93. The molecule has 0 fully saturated rings. The van der Waals surface area contributed by atoms with Crippen LogP contribution in [0.4, 0.5) is 0 Å². The van der Waals surface area contributed by atoms with E-state index in [0.29, 0.717) is 23.7 Å². The lowest BCUT2D eigenvalue weighted by Gasteiger charge is -2.05. The third kappa shape index (κ3) is 2.80. The van der Waals surface area contributed by atoms with Crippen LogP contribution in [0.5, 0.6) is 0 Å². The molecule has 1 heterocycles. The molecule has 0 atom stereocenters. The van der Waals surface area contributed by atoms with Crippen molar-refractivity contribution in [3.63, 3.8) is 0 Å². The second-order valence-corrected chi connectivity index (χ2v) is 4.98. The number of nitrogens with zero attached hydrogens (tertiary/aromatic N) is 2. The normalized spacial score (nSPS) is 10.8. The van der Waals surface area contributed by atoms with Gasteiger partial charge in [-0.1, -0.05) is 13.8 Å². The van der Waals surface area contributed by atoms with Crippen LogP contribution in [0, 0.1) is 5.92 Å². The Hall–Kier alpha value is -2.34. The summed E-state index contributed by atoms with van der Waals surface area (Å²) in [6, 6.07) is 6.41. The molecule has 2 N–H and O–H groups in total. The van der Waals surface area contributed by atoms with Crippen molar-refractivity contribution in [2.75, 3.05) is 0 Å². The maximum Gasteiger partial charge on any atom is 0.332 e. The zero-order valence-electron chi connectivity index (χ0n) is 11.4. The number of rotatable bonds is 4. The second-order valence-electron chi connectivity index (χ2n) is 4.98. The van der Waals surface area contributed by atoms with Gasteiger partial charge >= 0.3 is 5.69 Å². The molecule has 20 heavy (non-hydrogen) atoms. The van der Waals surface area contributed by atoms with Gasteiger partial charge in [-0.3, -0.25) is 19.1 Å². The zero-order chi connectivity index (χ0) is 14.7. The molecule has 6 nitrogen and oxygen atoms in total. The Morgan fingerprint density at radius 2 is 1.90 bits per heavy atom. The molecular formula is C14H17N3O3. The summed E-state index contributed by atoms with van der Waals surface area (Å²) in [5.74, 6) is -0.194. The molecule has 0 saturated carbocycles. The summed E-state index contributed by atoms with van der Waals surface area (Å²) in [6.45, 7) is 4.76. The van der Waals surface area contributed by atoms with Crippen LogP contribution < -0.4 is 11.2 Å². The zero-order valence-corrected chi connectivity index (χ0v) is 11.4. The van der Waals surface area contributed by atoms with Gasteiger partial charge in [0.2, 0.25) is 0 Å². The lowest BCUT2D eigenvalue weighted by atomic mass is 10.2. The van der Waals surface area contributed by atoms with Crippen molar-refractivity contribution in [2.24, 2.45) is 5.92 Å². The molecule has 2 rings (SSSR count). The van der Waals surface area contributed by atoms with E-state index in [4.69, 9.17) is 5.21 Å². The monoisotopic (exact) mass is 275 g/mol. The Bertz CT molecular complexity index is 653. The number of imidazole rings is 1. The number of carbonyl (C=O) groups excluding carboxylic acids is 1. The Morgan fingerprint density at radius 1 is 1.25 bits per heavy atom. The van der Waals surface area contributed by atoms with Crippen LogP contribution in [-0.4, -0.2) is 20.2 Å². The molecular weight excluding hydrogens is 258 g/mol. The van der Waals surface area contributed by atoms with Gasteiger partial charge < -0.3 is 0 Å². The van der Waals surface area contributed by atoms with Crippen LogP contribution in [-0.2, 0) is 6.54 Å². The van der Waals surface area contributed by atoms with Crippen molar-refractivity contribution in [1.29, 1.82) is 0 Å². The summed E-state index contributed by atoms with van der Waals surface area (Å²) < 4.78 is 3.17. The van der Waals surface area contributed by atoms with E-state index in [-0.39, 0.29) is 5.69 Å². The number of aromatic nitrogens is 2. The summed E-state index contributed by atoms with van der Waals surface area (Å²) in [6.07, 6.45) is 3.45. The van der Waals surface area contributed by atoms with E-state index >= 15 is 0 Å². The molecule has 0 radical (unpaired) electrons. The Balaban J connectivity index is 2.31. The van der Waals surface area contributed by atoms with Gasteiger partial charge in [0.1, 0.15) is 0 Å². The fourth-order valence-electron chi connectivity index (χ4n) is 1.98. The topological polar surface area (TPSA) is 76.3 Å². The smallest absolute Gasteiger partial charge is 0.299 e. The number of hydrogen-bond donors (Lipinski definition) is 2. The molecule has 1 aromatic carbocycles. The highest BCUT2D eigenvalue weighted by Crippen LogP contribution is 2.08. The third-order valence-corrected chi connectivity index (χ3v) is 2.92. The Morgan fingerprint density at radius 3 is 2.45 bits per heavy atom. The van der Waals surface area contributed by atoms with Crippen LogP contribution in [0.2, 0.25) is 0 Å². The first-order chi connectivity index (χ1) is 9.52. The standard InChI is InChI=1S/C14H17N3O3/c1-10(2)9-16-7-8-17(14(16)19)12-5-3-11(4-6-12)13(18)15-20/h3-8,10,20H,9H2,1-2H3,(H,15,18). The minimum Gasteiger partial charge on any atom is -0.299 e. The minimum absolute atomic E-state index is 0.113. The van der Waals surface area contributed by atoms with E-state index in [2.05, 4.69) is 0 Å². The third-order valence-electron chi connectivity index (χ3n) is 2.92. The molecule has 0 aliphatic heterocycles. The van der Waals surface area contributed by atoms with E-state index in [0.717, 1.165) is 0 Å². The number of benzene rings is 1. The van der Waals surface area contributed by atoms with Gasteiger partial charge in [0, 0.05) is 24.5 Å². The summed E-state index contributed by atoms with van der Waals surface area (Å²) in [7, 11) is 0. The molecule has 1 amide bonds. The van der Waals surface area contributed by atoms with Gasteiger partial charge in [-0.25, -0.2) is 10.3 Å². The van der Waals surface area contributed by atoms with Gasteiger partial charge in [-0.15, -0.1) is 0 Å². The predicted molar refractivity (Wildman–Crippen MR) is 74.1 cm³/mol. The van der Waals surface area contributed by atoms with Crippen molar-refractivity contribution < 1.29 is 10.0 Å². The molecule has 0 spiro atoms. The molecule has 2 aromatic rings. The maximum absolute atomic E-state index is 12.2. The van der Waals surface area contributed by atoms with Crippen LogP contribution in [0.15, 0.2) is 41.5 Å². The number of hydrogen-bond acceptors (Lipinski definition) is 3. The first-order valence-electron chi connectivity index (χ1n) is 6.35. The van der Waals surface area contributed by atoms with Crippen LogP contribution >= 0.6 is 0 Å². The molecule has 1 aromatic heterocycles. The highest BCUT2D eigenvalue weighted by Gasteiger charge is 2.08. The minimum atomic E-state index is -0.582. The average Bonchev–Trinajstić information content (AvgIpc) is 2.79. The van der Waals surface area contributed by atoms with Crippen molar-refractivity contribution in [1.82, 2.24) is 14.6 Å². The first-order valence-corrected chi connectivity index (χ1v) is 6.35. The van der Waals surface area contributed by atoms with E-state index in [9.17, 15) is 9.59 Å². The van der Waals surface area contributed by atoms with Gasteiger partial charge in [0.25, 0.3) is 5.91 Å². The molecule has 0 saturated heterocycles. The number of hydroxylamine groups is 1. The molecule has 0 aliphatic carbocycles. The number of amides is 1. The van der Waals surface area contributed by atoms with Crippen molar-refractivity contribution in [3.8, 4) is 5.69 Å². The van der Waals surface area contributed by atoms with Gasteiger partial charge in [0.15, 0.2) is 0 Å². The summed E-state index contributed by atoms with van der Waals surface area (Å²) in [5, 5.41) is 8.55. The number of nitrogens with one attached hydrogen (secondary N) is 1. The largest absolute Gasteiger partial charge is 0.332 e. The van der Waals surface area contributed by atoms with E-state index < -0.39 is 5.91 Å². The molecule has 106 valence electrons. The fraction of sp³-hybridized carbons (Fsp3) is 0.286. The van der Waals surface area contributed by atoms with Gasteiger partial charge in [0.05, 0.1) is 5.69 Å². The molecule has 0 bridgehead atoms. The fourth-order valence-corrected chi connectivity index (χ4v) is 1.98. The summed E-state index contributed by atoms with van der Waals surface area (Å²) in [5.41, 5.74) is 2.45. The lowest BCUT2D eigenvalue weighted by Crippen LogP contribution is -2.24. The predicted octanol–water partition coefficient (Wildman–Crippen LogP) is 1.41. The van der Waals surface area contributed by atoms with Crippen molar-refractivity contribution in [2.45, 2.75) is 20.4 Å². The Labute approximate surface area is 116 Å². The summed E-state index contributed by atoms with van der Waals surface area (Å²) in [4.78, 5) is 23.4. The highest BCUT2D eigenvalue weighted by atomic mass is 16.5. The van der Waals surface area contributed by atoms with E-state index in [1.807, 2.05) is 13.8 Å². The number of carbonyl (C=O) groups is 1. The molecule has 6 heteroatoms. The van der Waals surface area contributed by atoms with Crippen LogP contribution in [0.1, 0.15) is 24.2 Å². The quantitative estimate of drug-likeness (QED) is 0.654.